The predicted molar refractivity (Wildman–Crippen MR) is 109 cm³/mol. The smallest absolute Gasteiger partial charge is 0.364 e. The van der Waals surface area contributed by atoms with Crippen molar-refractivity contribution in [2.75, 3.05) is 5.32 Å². The summed E-state index contributed by atoms with van der Waals surface area (Å²) in [6.45, 7) is 0. The van der Waals surface area contributed by atoms with Gasteiger partial charge in [-0.25, -0.2) is 0 Å². The fraction of sp³-hybridized carbons (Fsp3) is 0.130. The zero-order valence-corrected chi connectivity index (χ0v) is 15.9. The van der Waals surface area contributed by atoms with Crippen LogP contribution in [0.5, 0.6) is 0 Å². The third-order valence-corrected chi connectivity index (χ3v) is 5.82. The first-order valence-corrected chi connectivity index (χ1v) is 9.57. The number of fused-ring (bicyclic) bond motifs is 4. The summed E-state index contributed by atoms with van der Waals surface area (Å²) in [5.41, 5.74) is 0.390. The molecule has 1 atom stereocenters. The Labute approximate surface area is 170 Å². The van der Waals surface area contributed by atoms with E-state index in [1.165, 1.54) is 24.3 Å². The van der Waals surface area contributed by atoms with Gasteiger partial charge in [0.2, 0.25) is 0 Å². The highest BCUT2D eigenvalue weighted by Gasteiger charge is 2.60. The maximum atomic E-state index is 15.0. The minimum atomic E-state index is -4.61. The molecule has 0 unspecified atom stereocenters. The second-order valence-electron chi connectivity index (χ2n) is 7.24. The summed E-state index contributed by atoms with van der Waals surface area (Å²) >= 11 is 5.99. The van der Waals surface area contributed by atoms with Crippen molar-refractivity contribution in [1.82, 2.24) is 4.98 Å². The Morgan fingerprint density at radius 3 is 2.31 bits per heavy atom. The molecule has 0 aliphatic carbocycles. The summed E-state index contributed by atoms with van der Waals surface area (Å²) in [5.74, 6) is 0. The van der Waals surface area contributed by atoms with E-state index in [1.54, 1.807) is 30.3 Å². The van der Waals surface area contributed by atoms with Crippen molar-refractivity contribution >= 4 is 28.2 Å². The fourth-order valence-corrected chi connectivity index (χ4v) is 4.43. The molecular weight excluding hydrogens is 397 g/mol. The molecule has 1 aliphatic rings. The van der Waals surface area contributed by atoms with Gasteiger partial charge in [0.1, 0.15) is 0 Å². The maximum absolute atomic E-state index is 15.0. The first-order chi connectivity index (χ1) is 13.9. The second-order valence-corrected chi connectivity index (χ2v) is 7.67. The van der Waals surface area contributed by atoms with E-state index in [1.807, 2.05) is 18.2 Å². The monoisotopic (exact) mass is 412 g/mol. The molecule has 0 bridgehead atoms. The largest absolute Gasteiger partial charge is 0.420 e. The molecule has 6 heteroatoms. The van der Waals surface area contributed by atoms with Crippen molar-refractivity contribution in [2.24, 2.45) is 0 Å². The van der Waals surface area contributed by atoms with E-state index in [9.17, 15) is 0 Å². The number of aromatic amines is 1. The van der Waals surface area contributed by atoms with Crippen LogP contribution in [0.4, 0.5) is 18.9 Å². The van der Waals surface area contributed by atoms with Crippen molar-refractivity contribution < 1.29 is 13.2 Å². The van der Waals surface area contributed by atoms with Crippen LogP contribution in [0, 0.1) is 0 Å². The van der Waals surface area contributed by atoms with Gasteiger partial charge in [-0.3, -0.25) is 0 Å². The lowest BCUT2D eigenvalue weighted by atomic mass is 9.80. The topological polar surface area (TPSA) is 27.8 Å². The summed E-state index contributed by atoms with van der Waals surface area (Å²) < 4.78 is 45.1. The maximum Gasteiger partial charge on any atom is 0.420 e. The number of H-pyrrole nitrogens is 1. The Bertz CT molecular complexity index is 1210. The van der Waals surface area contributed by atoms with Gasteiger partial charge in [-0.2, -0.15) is 13.2 Å². The minimum absolute atomic E-state index is 0.0945. The number of anilines is 1. The molecule has 0 saturated heterocycles. The van der Waals surface area contributed by atoms with Crippen LogP contribution in [-0.4, -0.2) is 11.2 Å². The number of rotatable bonds is 1. The zero-order chi connectivity index (χ0) is 20.2. The molecular formula is C23H16ClF3N2. The first-order valence-electron chi connectivity index (χ1n) is 9.19. The van der Waals surface area contributed by atoms with Crippen molar-refractivity contribution in [3.8, 4) is 0 Å². The van der Waals surface area contributed by atoms with Gasteiger partial charge in [0.05, 0.1) is 0 Å². The second kappa shape index (κ2) is 6.29. The van der Waals surface area contributed by atoms with Crippen LogP contribution in [-0.2, 0) is 12.0 Å². The fourth-order valence-electron chi connectivity index (χ4n) is 4.30. The van der Waals surface area contributed by atoms with Gasteiger partial charge in [0, 0.05) is 39.3 Å². The van der Waals surface area contributed by atoms with Crippen molar-refractivity contribution in [3.63, 3.8) is 0 Å². The Kier molecular flexibility index (Phi) is 3.93. The summed E-state index contributed by atoms with van der Waals surface area (Å²) in [7, 11) is 0. The van der Waals surface area contributed by atoms with Crippen LogP contribution >= 0.6 is 11.6 Å². The lowest BCUT2D eigenvalue weighted by Crippen LogP contribution is -2.50. The lowest BCUT2D eigenvalue weighted by molar-refractivity contribution is -0.169. The Morgan fingerprint density at radius 1 is 0.862 bits per heavy atom. The average molecular weight is 413 g/mol. The molecule has 146 valence electrons. The molecule has 3 aromatic carbocycles. The van der Waals surface area contributed by atoms with E-state index in [-0.39, 0.29) is 11.1 Å². The van der Waals surface area contributed by atoms with Crippen LogP contribution in [0.15, 0.2) is 72.8 Å². The van der Waals surface area contributed by atoms with Crippen LogP contribution < -0.4 is 5.32 Å². The molecule has 4 aromatic rings. The molecule has 0 amide bonds. The van der Waals surface area contributed by atoms with Crippen molar-refractivity contribution in [3.05, 3.63) is 100 Å². The van der Waals surface area contributed by atoms with E-state index in [4.69, 9.17) is 11.6 Å². The number of alkyl halides is 3. The minimum Gasteiger partial charge on any atom is -0.364 e. The van der Waals surface area contributed by atoms with E-state index < -0.39 is 11.7 Å². The van der Waals surface area contributed by atoms with E-state index in [0.717, 1.165) is 5.56 Å². The molecule has 0 saturated carbocycles. The van der Waals surface area contributed by atoms with Gasteiger partial charge in [0.25, 0.3) is 0 Å². The standard InChI is InChI=1S/C23H16ClF3N2/c24-16-11-9-15(10-12-16)22(23(25,26)27)21-17-6-2-4-8-19(17)28-20(21)13-14-5-1-3-7-18(14)29-22/h1-12,28-29H,13H2/t22-/m0/s1. The van der Waals surface area contributed by atoms with E-state index in [0.29, 0.717) is 33.7 Å². The van der Waals surface area contributed by atoms with Gasteiger partial charge < -0.3 is 10.3 Å². The highest BCUT2D eigenvalue weighted by atomic mass is 35.5. The molecule has 0 spiro atoms. The Hall–Kier alpha value is -2.92. The quantitative estimate of drug-likeness (QED) is 0.360. The Morgan fingerprint density at radius 2 is 1.55 bits per heavy atom. The molecule has 29 heavy (non-hydrogen) atoms. The van der Waals surface area contributed by atoms with Crippen LogP contribution in [0.25, 0.3) is 10.9 Å². The number of para-hydroxylation sites is 2. The zero-order valence-electron chi connectivity index (χ0n) is 15.1. The van der Waals surface area contributed by atoms with Gasteiger partial charge in [-0.1, -0.05) is 60.1 Å². The summed E-state index contributed by atoms with van der Waals surface area (Å²) in [4.78, 5) is 3.24. The van der Waals surface area contributed by atoms with Gasteiger partial charge in [-0.15, -0.1) is 0 Å². The lowest BCUT2D eigenvalue weighted by Gasteiger charge is -2.38. The molecule has 0 radical (unpaired) electrons. The summed E-state index contributed by atoms with van der Waals surface area (Å²) in [5, 5.41) is 3.83. The van der Waals surface area contributed by atoms with E-state index in [2.05, 4.69) is 10.3 Å². The normalized spacial score (nSPS) is 18.6. The third kappa shape index (κ3) is 2.64. The number of hydrogen-bond donors (Lipinski definition) is 2. The van der Waals surface area contributed by atoms with Gasteiger partial charge in [0.15, 0.2) is 5.54 Å². The highest BCUT2D eigenvalue weighted by molar-refractivity contribution is 6.30. The molecule has 1 aromatic heterocycles. The predicted octanol–water partition coefficient (Wildman–Crippen LogP) is 6.64. The molecule has 2 nitrogen and oxygen atoms in total. The van der Waals surface area contributed by atoms with Crippen molar-refractivity contribution in [2.45, 2.75) is 18.1 Å². The number of aromatic nitrogens is 1. The van der Waals surface area contributed by atoms with Crippen LogP contribution in [0.2, 0.25) is 5.02 Å². The molecule has 2 N–H and O–H groups in total. The SMILES string of the molecule is FC(F)(F)[C@@]1(c2ccc(Cl)cc2)Nc2ccccc2Cc2[nH]c3ccccc3c21. The molecule has 1 aliphatic heterocycles. The number of nitrogens with one attached hydrogen (secondary N) is 2. The molecule has 2 heterocycles. The Balaban J connectivity index is 1.93. The van der Waals surface area contributed by atoms with Crippen LogP contribution in [0.1, 0.15) is 22.4 Å². The highest BCUT2D eigenvalue weighted by Crippen LogP contribution is 2.52. The molecule has 5 rings (SSSR count). The number of halogens is 4. The van der Waals surface area contributed by atoms with E-state index >= 15 is 13.2 Å². The summed E-state index contributed by atoms with van der Waals surface area (Å²) in [6.07, 6.45) is -4.24. The first kappa shape index (κ1) is 18.1. The number of benzene rings is 3. The van der Waals surface area contributed by atoms with Crippen molar-refractivity contribution in [1.29, 1.82) is 0 Å². The third-order valence-electron chi connectivity index (χ3n) is 5.57. The average Bonchev–Trinajstić information content (AvgIpc) is 2.97. The van der Waals surface area contributed by atoms with Crippen LogP contribution in [0.3, 0.4) is 0 Å². The summed E-state index contributed by atoms with van der Waals surface area (Å²) in [6, 6.07) is 20.1. The number of hydrogen-bond acceptors (Lipinski definition) is 1. The van der Waals surface area contributed by atoms with Gasteiger partial charge in [-0.05, 0) is 35.4 Å². The van der Waals surface area contributed by atoms with Gasteiger partial charge >= 0.3 is 6.18 Å². The molecule has 0 fully saturated rings.